The van der Waals surface area contributed by atoms with Crippen molar-refractivity contribution in [3.63, 3.8) is 0 Å². The Morgan fingerprint density at radius 2 is 1.94 bits per heavy atom. The minimum absolute atomic E-state index is 0.0625. The number of amides is 1. The number of anilines is 4. The molecule has 0 fully saturated rings. The zero-order chi connectivity index (χ0) is 25.4. The third-order valence-corrected chi connectivity index (χ3v) is 5.05. The quantitative estimate of drug-likeness (QED) is 0.279. The van der Waals surface area contributed by atoms with E-state index in [1.807, 2.05) is 35.7 Å². The van der Waals surface area contributed by atoms with Crippen LogP contribution in [0.3, 0.4) is 0 Å². The highest BCUT2D eigenvalue weighted by Crippen LogP contribution is 2.23. The Balaban J connectivity index is 1.82. The number of hydrogen-bond acceptors (Lipinski definition) is 9. The predicted octanol–water partition coefficient (Wildman–Crippen LogP) is 3.40. The van der Waals surface area contributed by atoms with Gasteiger partial charge in [0.2, 0.25) is 17.8 Å². The van der Waals surface area contributed by atoms with Crippen LogP contribution < -0.4 is 21.0 Å². The molecule has 2 aromatic heterocycles. The van der Waals surface area contributed by atoms with E-state index < -0.39 is 0 Å². The highest BCUT2D eigenvalue weighted by atomic mass is 16.6. The third-order valence-electron chi connectivity index (χ3n) is 5.05. The van der Waals surface area contributed by atoms with E-state index in [2.05, 4.69) is 56.8 Å². The summed E-state index contributed by atoms with van der Waals surface area (Å²) in [7, 11) is 3.36. The van der Waals surface area contributed by atoms with Crippen LogP contribution in [0.15, 0.2) is 36.9 Å². The SMILES string of the molecule is CONC(=O)c1ccc(C)c(Nc2nc(NCCCn3ccnc3)nc(N(C)CC(C)(C)C)n2)c1. The minimum Gasteiger partial charge on any atom is -0.354 e. The molecular weight excluding hydrogens is 446 g/mol. The number of carbonyl (C=O) groups is 1. The van der Waals surface area contributed by atoms with Gasteiger partial charge in [0.15, 0.2) is 0 Å². The summed E-state index contributed by atoms with van der Waals surface area (Å²) in [4.78, 5) is 36.9. The molecule has 0 saturated carbocycles. The molecule has 0 aliphatic carbocycles. The van der Waals surface area contributed by atoms with Crippen molar-refractivity contribution < 1.29 is 9.63 Å². The van der Waals surface area contributed by atoms with E-state index in [1.165, 1.54) is 7.11 Å². The second-order valence-electron chi connectivity index (χ2n) is 9.57. The van der Waals surface area contributed by atoms with Gasteiger partial charge in [-0.05, 0) is 36.5 Å². The molecule has 0 bridgehead atoms. The molecule has 0 unspecified atom stereocenters. The first-order valence-electron chi connectivity index (χ1n) is 11.5. The van der Waals surface area contributed by atoms with Gasteiger partial charge in [0, 0.05) is 50.3 Å². The second-order valence-corrected chi connectivity index (χ2v) is 9.57. The van der Waals surface area contributed by atoms with Crippen LogP contribution in [0.1, 0.15) is 43.1 Å². The molecule has 0 spiro atoms. The van der Waals surface area contributed by atoms with Crippen molar-refractivity contribution >= 4 is 29.4 Å². The Morgan fingerprint density at radius 3 is 2.63 bits per heavy atom. The fourth-order valence-corrected chi connectivity index (χ4v) is 3.50. The summed E-state index contributed by atoms with van der Waals surface area (Å²) in [5.41, 5.74) is 4.52. The summed E-state index contributed by atoms with van der Waals surface area (Å²) in [5, 5.41) is 6.57. The van der Waals surface area contributed by atoms with Gasteiger partial charge in [0.05, 0.1) is 13.4 Å². The zero-order valence-corrected chi connectivity index (χ0v) is 21.3. The molecule has 11 nitrogen and oxygen atoms in total. The van der Waals surface area contributed by atoms with Crippen molar-refractivity contribution in [2.24, 2.45) is 5.41 Å². The van der Waals surface area contributed by atoms with Crippen LogP contribution in [-0.4, -0.2) is 57.7 Å². The summed E-state index contributed by atoms with van der Waals surface area (Å²) in [6.45, 7) is 10.7. The number of imidazole rings is 1. The molecule has 0 aliphatic rings. The van der Waals surface area contributed by atoms with E-state index in [0.29, 0.717) is 30.0 Å². The van der Waals surface area contributed by atoms with Gasteiger partial charge >= 0.3 is 0 Å². The highest BCUT2D eigenvalue weighted by molar-refractivity contribution is 5.94. The van der Waals surface area contributed by atoms with E-state index in [0.717, 1.165) is 30.8 Å². The molecule has 0 aliphatic heterocycles. The first-order valence-corrected chi connectivity index (χ1v) is 11.5. The van der Waals surface area contributed by atoms with Gasteiger partial charge in [0.25, 0.3) is 5.91 Å². The van der Waals surface area contributed by atoms with Gasteiger partial charge in [-0.1, -0.05) is 26.8 Å². The zero-order valence-electron chi connectivity index (χ0n) is 21.3. The maximum absolute atomic E-state index is 12.2. The van der Waals surface area contributed by atoms with Crippen molar-refractivity contribution in [3.8, 4) is 0 Å². The minimum atomic E-state index is -0.336. The predicted molar refractivity (Wildman–Crippen MR) is 137 cm³/mol. The van der Waals surface area contributed by atoms with Crippen LogP contribution in [-0.2, 0) is 11.4 Å². The summed E-state index contributed by atoms with van der Waals surface area (Å²) < 4.78 is 2.03. The number of hydroxylamine groups is 1. The second kappa shape index (κ2) is 11.6. The first kappa shape index (κ1) is 25.9. The smallest absolute Gasteiger partial charge is 0.274 e. The van der Waals surface area contributed by atoms with E-state index in [-0.39, 0.29) is 11.3 Å². The number of nitrogens with one attached hydrogen (secondary N) is 3. The Morgan fingerprint density at radius 1 is 1.17 bits per heavy atom. The van der Waals surface area contributed by atoms with E-state index in [4.69, 9.17) is 4.84 Å². The fourth-order valence-electron chi connectivity index (χ4n) is 3.50. The average Bonchev–Trinajstić information content (AvgIpc) is 3.31. The number of carbonyl (C=O) groups excluding carboxylic acids is 1. The Labute approximate surface area is 206 Å². The number of aryl methyl sites for hydroxylation is 2. The Hall–Kier alpha value is -3.73. The van der Waals surface area contributed by atoms with E-state index >= 15 is 0 Å². The maximum atomic E-state index is 12.2. The standard InChI is InChI=1S/C24H35N9O2/c1-17-8-9-18(20(34)31-35-6)14-19(17)27-22-28-21(26-10-7-12-33-13-11-25-16-33)29-23(30-22)32(5)15-24(2,3)4/h8-9,11,13-14,16H,7,10,12,15H2,1-6H3,(H,31,34)(H2,26,27,28,29,30). The molecule has 2 heterocycles. The number of aromatic nitrogens is 5. The summed E-state index contributed by atoms with van der Waals surface area (Å²) in [6.07, 6.45) is 6.39. The lowest BCUT2D eigenvalue weighted by molar-refractivity contribution is 0.0537. The summed E-state index contributed by atoms with van der Waals surface area (Å²) in [5.74, 6) is 1.09. The van der Waals surface area contributed by atoms with Crippen LogP contribution in [0.5, 0.6) is 0 Å². The molecular formula is C24H35N9O2. The Kier molecular flexibility index (Phi) is 8.58. The molecule has 188 valence electrons. The number of nitrogens with zero attached hydrogens (tertiary/aromatic N) is 6. The van der Waals surface area contributed by atoms with E-state index in [9.17, 15) is 4.79 Å². The fraction of sp³-hybridized carbons (Fsp3) is 0.458. The lowest BCUT2D eigenvalue weighted by Gasteiger charge is -2.27. The third kappa shape index (κ3) is 7.92. The molecule has 3 N–H and O–H groups in total. The van der Waals surface area contributed by atoms with Gasteiger partial charge < -0.3 is 20.1 Å². The van der Waals surface area contributed by atoms with Gasteiger partial charge in [-0.3, -0.25) is 9.63 Å². The lowest BCUT2D eigenvalue weighted by atomic mass is 9.96. The molecule has 11 heteroatoms. The molecule has 0 saturated heterocycles. The molecule has 1 aromatic carbocycles. The van der Waals surface area contributed by atoms with Crippen LogP contribution in [0.2, 0.25) is 0 Å². The van der Waals surface area contributed by atoms with Crippen molar-refractivity contribution in [1.29, 1.82) is 0 Å². The van der Waals surface area contributed by atoms with Crippen LogP contribution >= 0.6 is 0 Å². The largest absolute Gasteiger partial charge is 0.354 e. The van der Waals surface area contributed by atoms with Gasteiger partial charge in [-0.15, -0.1) is 0 Å². The maximum Gasteiger partial charge on any atom is 0.274 e. The van der Waals surface area contributed by atoms with Crippen LogP contribution in [0.25, 0.3) is 0 Å². The van der Waals surface area contributed by atoms with E-state index in [1.54, 1.807) is 24.7 Å². The lowest BCUT2D eigenvalue weighted by Crippen LogP contribution is -2.31. The van der Waals surface area contributed by atoms with Gasteiger partial charge in [-0.2, -0.15) is 15.0 Å². The normalized spacial score (nSPS) is 11.3. The first-order chi connectivity index (χ1) is 16.6. The molecule has 35 heavy (non-hydrogen) atoms. The topological polar surface area (TPSA) is 122 Å². The number of hydrogen-bond donors (Lipinski definition) is 3. The molecule has 3 rings (SSSR count). The average molecular weight is 482 g/mol. The summed E-state index contributed by atoms with van der Waals surface area (Å²) in [6, 6.07) is 5.33. The Bertz CT molecular complexity index is 1110. The molecule has 0 radical (unpaired) electrons. The molecule has 1 amide bonds. The van der Waals surface area contributed by atoms with Crippen molar-refractivity contribution in [2.45, 2.75) is 40.7 Å². The van der Waals surface area contributed by atoms with Crippen molar-refractivity contribution in [3.05, 3.63) is 48.0 Å². The molecule has 3 aromatic rings. The van der Waals surface area contributed by atoms with Crippen molar-refractivity contribution in [2.75, 3.05) is 42.8 Å². The molecule has 0 atom stereocenters. The van der Waals surface area contributed by atoms with Gasteiger partial charge in [-0.25, -0.2) is 10.5 Å². The van der Waals surface area contributed by atoms with Gasteiger partial charge in [0.1, 0.15) is 0 Å². The van der Waals surface area contributed by atoms with Crippen molar-refractivity contribution in [1.82, 2.24) is 30.0 Å². The highest BCUT2D eigenvalue weighted by Gasteiger charge is 2.18. The monoisotopic (exact) mass is 481 g/mol. The van der Waals surface area contributed by atoms with Crippen LogP contribution in [0, 0.1) is 12.3 Å². The summed E-state index contributed by atoms with van der Waals surface area (Å²) >= 11 is 0. The number of benzene rings is 1. The number of rotatable bonds is 11. The van der Waals surface area contributed by atoms with Crippen LogP contribution in [0.4, 0.5) is 23.5 Å².